The van der Waals surface area contributed by atoms with Gasteiger partial charge in [0.1, 0.15) is 11.3 Å². The van der Waals surface area contributed by atoms with Gasteiger partial charge in [0.15, 0.2) is 0 Å². The van der Waals surface area contributed by atoms with E-state index in [1.54, 1.807) is 58.0 Å². The minimum atomic E-state index is -0.535. The molecule has 0 unspecified atom stereocenters. The molecule has 0 aliphatic carbocycles. The Morgan fingerprint density at radius 3 is 2.38 bits per heavy atom. The average Bonchev–Trinajstić information content (AvgIpc) is 2.50. The standard InChI is InChI=1S/C18H19NO5/c1-11(2)23-18(20)14-7-5-6-8-15(14)24-16-10-9-12(3)13(4)17(16)19(21)22/h5-11H,1-4H3. The minimum absolute atomic E-state index is 0.0906. The molecule has 6 nitrogen and oxygen atoms in total. The predicted octanol–water partition coefficient (Wildman–Crippen LogP) is 4.57. The zero-order chi connectivity index (χ0) is 17.9. The molecule has 0 aliphatic rings. The van der Waals surface area contributed by atoms with Gasteiger partial charge in [0, 0.05) is 5.56 Å². The summed E-state index contributed by atoms with van der Waals surface area (Å²) in [4.78, 5) is 23.1. The third-order valence-electron chi connectivity index (χ3n) is 3.52. The molecule has 6 heteroatoms. The number of aryl methyl sites for hydroxylation is 1. The van der Waals surface area contributed by atoms with E-state index in [1.165, 1.54) is 6.07 Å². The number of hydrogen-bond acceptors (Lipinski definition) is 5. The minimum Gasteiger partial charge on any atom is -0.459 e. The fraction of sp³-hybridized carbons (Fsp3) is 0.278. The molecule has 0 bridgehead atoms. The van der Waals surface area contributed by atoms with Crippen molar-refractivity contribution in [2.45, 2.75) is 33.8 Å². The first-order valence-electron chi connectivity index (χ1n) is 7.53. The number of nitro groups is 1. The average molecular weight is 329 g/mol. The summed E-state index contributed by atoms with van der Waals surface area (Å²) < 4.78 is 10.9. The second-order valence-electron chi connectivity index (χ2n) is 5.66. The Morgan fingerprint density at radius 2 is 1.75 bits per heavy atom. The Hall–Kier alpha value is -2.89. The molecule has 24 heavy (non-hydrogen) atoms. The van der Waals surface area contributed by atoms with Gasteiger partial charge in [-0.15, -0.1) is 0 Å². The van der Waals surface area contributed by atoms with E-state index in [1.807, 2.05) is 0 Å². The summed E-state index contributed by atoms with van der Waals surface area (Å²) >= 11 is 0. The Morgan fingerprint density at radius 1 is 1.08 bits per heavy atom. The maximum atomic E-state index is 12.2. The van der Waals surface area contributed by atoms with Crippen LogP contribution in [0.25, 0.3) is 0 Å². The number of esters is 1. The van der Waals surface area contributed by atoms with Gasteiger partial charge in [-0.05, 0) is 51.5 Å². The van der Waals surface area contributed by atoms with Crippen molar-refractivity contribution < 1.29 is 19.2 Å². The third-order valence-corrected chi connectivity index (χ3v) is 3.52. The number of nitrogens with zero attached hydrogens (tertiary/aromatic N) is 1. The van der Waals surface area contributed by atoms with E-state index in [0.29, 0.717) is 5.56 Å². The molecule has 2 aromatic carbocycles. The van der Waals surface area contributed by atoms with Gasteiger partial charge < -0.3 is 9.47 Å². The first-order chi connectivity index (χ1) is 11.3. The van der Waals surface area contributed by atoms with E-state index in [4.69, 9.17) is 9.47 Å². The highest BCUT2D eigenvalue weighted by molar-refractivity contribution is 5.92. The SMILES string of the molecule is Cc1ccc(Oc2ccccc2C(=O)OC(C)C)c([N+](=O)[O-])c1C. The summed E-state index contributed by atoms with van der Waals surface area (Å²) in [5.74, 6) is -0.227. The lowest BCUT2D eigenvalue weighted by Gasteiger charge is -2.13. The second-order valence-corrected chi connectivity index (χ2v) is 5.66. The molecular weight excluding hydrogens is 310 g/mol. The summed E-state index contributed by atoms with van der Waals surface area (Å²) in [6.07, 6.45) is -0.276. The van der Waals surface area contributed by atoms with Crippen LogP contribution in [0.3, 0.4) is 0 Å². The smallest absolute Gasteiger partial charge is 0.342 e. The Bertz CT molecular complexity index is 783. The molecule has 126 valence electrons. The van der Waals surface area contributed by atoms with Crippen LogP contribution in [0.4, 0.5) is 5.69 Å². The number of benzene rings is 2. The topological polar surface area (TPSA) is 78.7 Å². The largest absolute Gasteiger partial charge is 0.459 e. The Kier molecular flexibility index (Phi) is 5.18. The molecule has 0 aliphatic heterocycles. The van der Waals surface area contributed by atoms with Crippen molar-refractivity contribution in [2.24, 2.45) is 0 Å². The van der Waals surface area contributed by atoms with E-state index in [2.05, 4.69) is 0 Å². The van der Waals surface area contributed by atoms with Gasteiger partial charge in [-0.25, -0.2) is 4.79 Å². The Labute approximate surface area is 140 Å². The summed E-state index contributed by atoms with van der Waals surface area (Å²) in [5.41, 5.74) is 1.43. The van der Waals surface area contributed by atoms with Crippen LogP contribution in [0.1, 0.15) is 35.3 Å². The molecule has 0 saturated heterocycles. The molecule has 0 saturated carbocycles. The lowest BCUT2D eigenvalue weighted by molar-refractivity contribution is -0.386. The molecule has 2 rings (SSSR count). The molecule has 0 aromatic heterocycles. The van der Waals surface area contributed by atoms with E-state index >= 15 is 0 Å². The van der Waals surface area contributed by atoms with E-state index in [-0.39, 0.29) is 28.9 Å². The molecule has 0 fully saturated rings. The zero-order valence-corrected chi connectivity index (χ0v) is 14.0. The summed E-state index contributed by atoms with van der Waals surface area (Å²) in [6.45, 7) is 6.95. The molecule has 2 aromatic rings. The summed E-state index contributed by atoms with van der Waals surface area (Å²) in [5, 5.41) is 11.4. The number of para-hydroxylation sites is 1. The molecule has 0 spiro atoms. The van der Waals surface area contributed by atoms with Gasteiger partial charge in [0.25, 0.3) is 0 Å². The zero-order valence-electron chi connectivity index (χ0n) is 14.0. The van der Waals surface area contributed by atoms with Crippen molar-refractivity contribution >= 4 is 11.7 Å². The molecule has 0 heterocycles. The van der Waals surface area contributed by atoms with Gasteiger partial charge in [-0.2, -0.15) is 0 Å². The number of carbonyl (C=O) groups excluding carboxylic acids is 1. The van der Waals surface area contributed by atoms with Crippen LogP contribution in [-0.4, -0.2) is 17.0 Å². The third kappa shape index (κ3) is 3.71. The fourth-order valence-corrected chi connectivity index (χ4v) is 2.21. The lowest BCUT2D eigenvalue weighted by Crippen LogP contribution is -2.12. The lowest BCUT2D eigenvalue weighted by atomic mass is 10.1. The van der Waals surface area contributed by atoms with Crippen molar-refractivity contribution in [1.82, 2.24) is 0 Å². The molecule has 0 radical (unpaired) electrons. The van der Waals surface area contributed by atoms with Crippen LogP contribution >= 0.6 is 0 Å². The second kappa shape index (κ2) is 7.12. The van der Waals surface area contributed by atoms with E-state index < -0.39 is 10.9 Å². The maximum absolute atomic E-state index is 12.2. The normalized spacial score (nSPS) is 10.5. The molecular formula is C18H19NO5. The van der Waals surface area contributed by atoms with Crippen LogP contribution in [0.5, 0.6) is 11.5 Å². The van der Waals surface area contributed by atoms with Crippen molar-refractivity contribution in [3.8, 4) is 11.5 Å². The highest BCUT2D eigenvalue weighted by Gasteiger charge is 2.23. The number of hydrogen-bond donors (Lipinski definition) is 0. The molecule has 0 N–H and O–H groups in total. The maximum Gasteiger partial charge on any atom is 0.342 e. The van der Waals surface area contributed by atoms with Gasteiger partial charge in [0.05, 0.1) is 11.0 Å². The van der Waals surface area contributed by atoms with Crippen molar-refractivity contribution in [3.63, 3.8) is 0 Å². The van der Waals surface area contributed by atoms with Crippen molar-refractivity contribution in [3.05, 3.63) is 63.2 Å². The summed E-state index contributed by atoms with van der Waals surface area (Å²) in [7, 11) is 0. The fourth-order valence-electron chi connectivity index (χ4n) is 2.21. The van der Waals surface area contributed by atoms with Crippen LogP contribution in [0.15, 0.2) is 36.4 Å². The highest BCUT2D eigenvalue weighted by Crippen LogP contribution is 2.36. The number of rotatable bonds is 5. The Balaban J connectivity index is 2.45. The van der Waals surface area contributed by atoms with Gasteiger partial charge in [-0.3, -0.25) is 10.1 Å². The highest BCUT2D eigenvalue weighted by atomic mass is 16.6. The van der Waals surface area contributed by atoms with Crippen LogP contribution in [-0.2, 0) is 4.74 Å². The number of ether oxygens (including phenoxy) is 2. The predicted molar refractivity (Wildman–Crippen MR) is 89.6 cm³/mol. The molecule has 0 atom stereocenters. The van der Waals surface area contributed by atoms with Crippen molar-refractivity contribution in [1.29, 1.82) is 0 Å². The van der Waals surface area contributed by atoms with Crippen LogP contribution in [0, 0.1) is 24.0 Å². The van der Waals surface area contributed by atoms with Crippen LogP contribution < -0.4 is 4.74 Å². The first kappa shape index (κ1) is 17.5. The quantitative estimate of drug-likeness (QED) is 0.456. The monoisotopic (exact) mass is 329 g/mol. The summed E-state index contributed by atoms with van der Waals surface area (Å²) in [6, 6.07) is 9.79. The van der Waals surface area contributed by atoms with Gasteiger partial charge in [0.2, 0.25) is 5.75 Å². The molecule has 0 amide bonds. The number of nitro benzene ring substituents is 1. The van der Waals surface area contributed by atoms with E-state index in [9.17, 15) is 14.9 Å². The first-order valence-corrected chi connectivity index (χ1v) is 7.53. The van der Waals surface area contributed by atoms with Gasteiger partial charge in [-0.1, -0.05) is 18.2 Å². The van der Waals surface area contributed by atoms with E-state index in [0.717, 1.165) is 5.56 Å². The van der Waals surface area contributed by atoms with Crippen molar-refractivity contribution in [2.75, 3.05) is 0 Å². The number of carbonyl (C=O) groups is 1. The van der Waals surface area contributed by atoms with Crippen LogP contribution in [0.2, 0.25) is 0 Å². The van der Waals surface area contributed by atoms with Gasteiger partial charge >= 0.3 is 11.7 Å².